The second-order valence-corrected chi connectivity index (χ2v) is 6.43. The monoisotopic (exact) mass is 232 g/mol. The van der Waals surface area contributed by atoms with Crippen molar-refractivity contribution in [3.05, 3.63) is 24.0 Å². The zero-order chi connectivity index (χ0) is 12.3. The van der Waals surface area contributed by atoms with E-state index in [1.54, 1.807) is 6.26 Å². The third-order valence-corrected chi connectivity index (χ3v) is 5.39. The Kier molecular flexibility index (Phi) is 2.11. The molecule has 0 aromatic carbocycles. The number of rotatable bonds is 0. The minimum absolute atomic E-state index is 0.0128. The highest BCUT2D eigenvalue weighted by Gasteiger charge is 2.63. The first-order valence-electron chi connectivity index (χ1n) is 6.53. The molecule has 0 radical (unpaired) electrons. The number of allylic oxidation sites excluding steroid dienone is 2. The first-order chi connectivity index (χ1) is 7.97. The molecule has 0 unspecified atom stereocenters. The summed E-state index contributed by atoms with van der Waals surface area (Å²) in [6.45, 7) is 6.68. The van der Waals surface area contributed by atoms with E-state index < -0.39 is 0 Å². The summed E-state index contributed by atoms with van der Waals surface area (Å²) in [5.74, 6) is 1.12. The summed E-state index contributed by atoms with van der Waals surface area (Å²) < 4.78 is 5.12. The van der Waals surface area contributed by atoms with Gasteiger partial charge >= 0.3 is 5.97 Å². The molecule has 1 aliphatic heterocycles. The number of hydrogen-bond donors (Lipinski definition) is 0. The van der Waals surface area contributed by atoms with Gasteiger partial charge in [-0.2, -0.15) is 0 Å². The summed E-state index contributed by atoms with van der Waals surface area (Å²) >= 11 is 0. The molecule has 3 aliphatic rings. The summed E-state index contributed by atoms with van der Waals surface area (Å²) in [4.78, 5) is 12.1. The fourth-order valence-corrected chi connectivity index (χ4v) is 4.24. The van der Waals surface area contributed by atoms with Gasteiger partial charge in [0.25, 0.3) is 0 Å². The summed E-state index contributed by atoms with van der Waals surface area (Å²) in [7, 11) is 0. The molecule has 1 fully saturated rings. The van der Waals surface area contributed by atoms with Crippen molar-refractivity contribution in [3.8, 4) is 0 Å². The molecule has 3 rings (SSSR count). The van der Waals surface area contributed by atoms with Crippen LogP contribution in [-0.2, 0) is 9.53 Å². The van der Waals surface area contributed by atoms with E-state index in [1.165, 1.54) is 18.4 Å². The number of carbonyl (C=O) groups is 1. The number of cyclic esters (lactones) is 1. The van der Waals surface area contributed by atoms with Gasteiger partial charge in [0.15, 0.2) is 0 Å². The Morgan fingerprint density at radius 1 is 1.41 bits per heavy atom. The summed E-state index contributed by atoms with van der Waals surface area (Å²) in [6.07, 6.45) is 9.32. The molecule has 0 aromatic rings. The Labute approximate surface area is 103 Å². The van der Waals surface area contributed by atoms with Crippen LogP contribution in [0.3, 0.4) is 0 Å². The molecule has 2 aliphatic carbocycles. The average Bonchev–Trinajstić information content (AvgIpc) is 2.70. The third kappa shape index (κ3) is 1.24. The highest BCUT2D eigenvalue weighted by molar-refractivity contribution is 5.83. The molecule has 2 heteroatoms. The predicted octanol–water partition coefficient (Wildman–Crippen LogP) is 3.45. The van der Waals surface area contributed by atoms with E-state index in [0.717, 1.165) is 6.42 Å². The topological polar surface area (TPSA) is 26.3 Å². The summed E-state index contributed by atoms with van der Waals surface area (Å²) in [5, 5.41) is 0. The summed E-state index contributed by atoms with van der Waals surface area (Å²) in [5.41, 5.74) is 1.12. The Morgan fingerprint density at radius 2 is 2.18 bits per heavy atom. The molecule has 1 spiro atoms. The number of esters is 1. The van der Waals surface area contributed by atoms with Gasteiger partial charge in [-0.25, -0.2) is 0 Å². The first kappa shape index (κ1) is 11.1. The van der Waals surface area contributed by atoms with E-state index >= 15 is 0 Å². The van der Waals surface area contributed by atoms with Gasteiger partial charge in [-0.05, 0) is 49.5 Å². The third-order valence-electron chi connectivity index (χ3n) is 5.39. The van der Waals surface area contributed by atoms with Crippen LogP contribution in [0.25, 0.3) is 0 Å². The van der Waals surface area contributed by atoms with Gasteiger partial charge in [0.1, 0.15) is 0 Å². The van der Waals surface area contributed by atoms with E-state index in [0.29, 0.717) is 11.8 Å². The quantitative estimate of drug-likeness (QED) is 0.472. The van der Waals surface area contributed by atoms with Gasteiger partial charge in [0.05, 0.1) is 11.7 Å². The van der Waals surface area contributed by atoms with Crippen molar-refractivity contribution in [2.24, 2.45) is 22.7 Å². The molecule has 0 aromatic heterocycles. The second kappa shape index (κ2) is 3.24. The Bertz CT molecular complexity index is 430. The molecule has 0 saturated heterocycles. The highest BCUT2D eigenvalue weighted by Crippen LogP contribution is 2.64. The van der Waals surface area contributed by atoms with Crippen molar-refractivity contribution in [3.63, 3.8) is 0 Å². The van der Waals surface area contributed by atoms with E-state index in [-0.39, 0.29) is 16.8 Å². The van der Waals surface area contributed by atoms with Gasteiger partial charge in [-0.15, -0.1) is 0 Å². The normalized spacial score (nSPS) is 42.5. The van der Waals surface area contributed by atoms with Crippen LogP contribution in [0.2, 0.25) is 0 Å². The number of fused-ring (bicyclic) bond motifs is 1. The second-order valence-electron chi connectivity index (χ2n) is 6.43. The van der Waals surface area contributed by atoms with Gasteiger partial charge in [-0.1, -0.05) is 25.5 Å². The SMILES string of the molecule is CC1=C[C@H]2C[C@@]3(C=COC3=O)C(C)(C)[C@H]2CC1. The predicted molar refractivity (Wildman–Crippen MR) is 66.0 cm³/mol. The van der Waals surface area contributed by atoms with Crippen LogP contribution < -0.4 is 0 Å². The minimum Gasteiger partial charge on any atom is -0.434 e. The van der Waals surface area contributed by atoms with Crippen molar-refractivity contribution in [1.82, 2.24) is 0 Å². The van der Waals surface area contributed by atoms with E-state index in [4.69, 9.17) is 4.74 Å². The molecular weight excluding hydrogens is 212 g/mol. The number of ether oxygens (including phenoxy) is 1. The molecule has 0 amide bonds. The maximum absolute atomic E-state index is 12.1. The minimum atomic E-state index is -0.372. The number of carbonyl (C=O) groups excluding carboxylic acids is 1. The smallest absolute Gasteiger partial charge is 0.321 e. The lowest BCUT2D eigenvalue weighted by Crippen LogP contribution is -2.40. The van der Waals surface area contributed by atoms with Crippen LogP contribution in [0, 0.1) is 22.7 Å². The lowest BCUT2D eigenvalue weighted by molar-refractivity contribution is -0.149. The van der Waals surface area contributed by atoms with Crippen LogP contribution in [0.15, 0.2) is 24.0 Å². The average molecular weight is 232 g/mol. The fraction of sp³-hybridized carbons (Fsp3) is 0.667. The van der Waals surface area contributed by atoms with Crippen molar-refractivity contribution in [2.45, 2.75) is 40.0 Å². The van der Waals surface area contributed by atoms with Crippen LogP contribution in [0.5, 0.6) is 0 Å². The van der Waals surface area contributed by atoms with Gasteiger partial charge < -0.3 is 4.74 Å². The van der Waals surface area contributed by atoms with Gasteiger partial charge in [-0.3, -0.25) is 4.79 Å². The highest BCUT2D eigenvalue weighted by atomic mass is 16.5. The zero-order valence-corrected chi connectivity index (χ0v) is 10.8. The standard InChI is InChI=1S/C15H20O2/c1-10-4-5-12-11(8-10)9-15(14(12,2)3)6-7-17-13(15)16/h6-8,11-12H,4-5,9H2,1-3H3/t11-,12-,15+/m0/s1. The molecule has 1 saturated carbocycles. The van der Waals surface area contributed by atoms with Crippen LogP contribution in [0.1, 0.15) is 40.0 Å². The van der Waals surface area contributed by atoms with Crippen molar-refractivity contribution < 1.29 is 9.53 Å². The van der Waals surface area contributed by atoms with E-state index in [2.05, 4.69) is 26.8 Å². The lowest BCUT2D eigenvalue weighted by atomic mass is 9.63. The fourth-order valence-electron chi connectivity index (χ4n) is 4.24. The molecule has 17 heavy (non-hydrogen) atoms. The van der Waals surface area contributed by atoms with Gasteiger partial charge in [0.2, 0.25) is 0 Å². The van der Waals surface area contributed by atoms with E-state index in [1.807, 2.05) is 6.08 Å². The largest absolute Gasteiger partial charge is 0.434 e. The Balaban J connectivity index is 2.05. The molecule has 1 heterocycles. The van der Waals surface area contributed by atoms with Crippen molar-refractivity contribution in [1.29, 1.82) is 0 Å². The molecule has 3 atom stereocenters. The van der Waals surface area contributed by atoms with E-state index in [9.17, 15) is 4.79 Å². The van der Waals surface area contributed by atoms with Gasteiger partial charge in [0, 0.05) is 0 Å². The van der Waals surface area contributed by atoms with Crippen molar-refractivity contribution >= 4 is 5.97 Å². The number of hydrogen-bond acceptors (Lipinski definition) is 2. The Hall–Kier alpha value is -1.05. The maximum atomic E-state index is 12.1. The molecule has 92 valence electrons. The zero-order valence-electron chi connectivity index (χ0n) is 10.8. The van der Waals surface area contributed by atoms with Crippen molar-refractivity contribution in [2.75, 3.05) is 0 Å². The Morgan fingerprint density at radius 3 is 2.82 bits per heavy atom. The van der Waals surface area contributed by atoms with Crippen LogP contribution in [-0.4, -0.2) is 5.97 Å². The summed E-state index contributed by atoms with van der Waals surface area (Å²) in [6, 6.07) is 0. The molecule has 0 N–H and O–H groups in total. The van der Waals surface area contributed by atoms with Crippen LogP contribution in [0.4, 0.5) is 0 Å². The molecule has 2 nitrogen and oxygen atoms in total. The molecule has 0 bridgehead atoms. The van der Waals surface area contributed by atoms with Crippen LogP contribution >= 0.6 is 0 Å². The lowest BCUT2D eigenvalue weighted by Gasteiger charge is -2.39. The molecular formula is C15H20O2. The maximum Gasteiger partial charge on any atom is 0.321 e. The first-order valence-corrected chi connectivity index (χ1v) is 6.53.